The van der Waals surface area contributed by atoms with E-state index in [1.807, 2.05) is 0 Å². The molecule has 0 bridgehead atoms. The number of esters is 2. The van der Waals surface area contributed by atoms with Gasteiger partial charge in [0.05, 0.1) is 6.42 Å². The van der Waals surface area contributed by atoms with E-state index < -0.39 is 18.0 Å². The predicted octanol–water partition coefficient (Wildman–Crippen LogP) is 1.32. The number of halogens is 1. The second-order valence-electron chi connectivity index (χ2n) is 4.84. The highest BCUT2D eigenvalue weighted by molar-refractivity contribution is 5.85. The van der Waals surface area contributed by atoms with Gasteiger partial charge in [-0.05, 0) is 38.5 Å². The largest absolute Gasteiger partial charge is 0.462 e. The summed E-state index contributed by atoms with van der Waals surface area (Å²) in [4.78, 5) is 22.9. The smallest absolute Gasteiger partial charge is 0.323 e. The highest BCUT2D eigenvalue weighted by Crippen LogP contribution is 2.23. The number of rotatable bonds is 5. The van der Waals surface area contributed by atoms with Crippen LogP contribution in [0.1, 0.15) is 44.9 Å². The topological polar surface area (TPSA) is 78.6 Å². The molecule has 2 aliphatic carbocycles. The van der Waals surface area contributed by atoms with Gasteiger partial charge < -0.3 is 15.2 Å². The van der Waals surface area contributed by atoms with E-state index in [4.69, 9.17) is 15.2 Å². The third-order valence-electron chi connectivity index (χ3n) is 3.37. The van der Waals surface area contributed by atoms with E-state index in [1.54, 1.807) is 0 Å². The highest BCUT2D eigenvalue weighted by Gasteiger charge is 2.28. The van der Waals surface area contributed by atoms with Gasteiger partial charge in [0.1, 0.15) is 18.2 Å². The van der Waals surface area contributed by atoms with E-state index in [-0.39, 0.29) is 31.0 Å². The molecular weight excluding hydrogens is 258 g/mol. The fourth-order valence-electron chi connectivity index (χ4n) is 1.73. The number of nitrogens with two attached hydrogens (primary N) is 1. The van der Waals surface area contributed by atoms with Gasteiger partial charge in [0.15, 0.2) is 0 Å². The van der Waals surface area contributed by atoms with Crippen LogP contribution in [0.15, 0.2) is 0 Å². The van der Waals surface area contributed by atoms with Crippen molar-refractivity contribution in [2.75, 3.05) is 0 Å². The lowest BCUT2D eigenvalue weighted by molar-refractivity contribution is -0.161. The van der Waals surface area contributed by atoms with Crippen molar-refractivity contribution in [3.05, 3.63) is 0 Å². The van der Waals surface area contributed by atoms with Crippen molar-refractivity contribution in [3.8, 4) is 0 Å². The maximum atomic E-state index is 11.5. The van der Waals surface area contributed by atoms with E-state index in [0.717, 1.165) is 38.5 Å². The monoisotopic (exact) mass is 277 g/mol. The maximum absolute atomic E-state index is 11.5. The molecular formula is C12H20ClNO4. The molecule has 0 aromatic rings. The number of hydrogen-bond donors (Lipinski definition) is 1. The summed E-state index contributed by atoms with van der Waals surface area (Å²) in [5.74, 6) is -0.881. The Morgan fingerprint density at radius 2 is 1.56 bits per heavy atom. The minimum absolute atomic E-state index is 0. The van der Waals surface area contributed by atoms with Crippen LogP contribution in [0, 0.1) is 0 Å². The van der Waals surface area contributed by atoms with E-state index >= 15 is 0 Å². The van der Waals surface area contributed by atoms with Crippen molar-refractivity contribution < 1.29 is 19.1 Å². The zero-order valence-electron chi connectivity index (χ0n) is 10.3. The van der Waals surface area contributed by atoms with E-state index in [9.17, 15) is 9.59 Å². The Morgan fingerprint density at radius 3 is 2.00 bits per heavy atom. The fraction of sp³-hybridized carbons (Fsp3) is 0.833. The average molecular weight is 278 g/mol. The van der Waals surface area contributed by atoms with Crippen molar-refractivity contribution in [1.82, 2.24) is 0 Å². The summed E-state index contributed by atoms with van der Waals surface area (Å²) in [5, 5.41) is 0. The highest BCUT2D eigenvalue weighted by atomic mass is 35.5. The van der Waals surface area contributed by atoms with Gasteiger partial charge >= 0.3 is 11.9 Å². The first kappa shape index (κ1) is 15.2. The summed E-state index contributed by atoms with van der Waals surface area (Å²) in [6, 6.07) is -0.886. The summed E-state index contributed by atoms with van der Waals surface area (Å²) < 4.78 is 10.2. The van der Waals surface area contributed by atoms with Crippen LogP contribution in [-0.4, -0.2) is 30.2 Å². The van der Waals surface area contributed by atoms with Gasteiger partial charge in [0.25, 0.3) is 0 Å². The molecule has 0 aromatic heterocycles. The van der Waals surface area contributed by atoms with Gasteiger partial charge in [-0.1, -0.05) is 0 Å². The van der Waals surface area contributed by atoms with Crippen molar-refractivity contribution in [2.24, 2.45) is 5.73 Å². The van der Waals surface area contributed by atoms with Gasteiger partial charge in [0, 0.05) is 0 Å². The molecule has 2 saturated carbocycles. The Kier molecular flexibility index (Phi) is 5.88. The minimum atomic E-state index is -0.886. The summed E-state index contributed by atoms with van der Waals surface area (Å²) >= 11 is 0. The van der Waals surface area contributed by atoms with Gasteiger partial charge in [-0.25, -0.2) is 0 Å². The summed E-state index contributed by atoms with van der Waals surface area (Å²) in [7, 11) is 0. The summed E-state index contributed by atoms with van der Waals surface area (Å²) in [6.45, 7) is 0. The zero-order chi connectivity index (χ0) is 12.3. The molecule has 104 valence electrons. The molecule has 0 spiro atoms. The number of carbonyl (C=O) groups excluding carboxylic acids is 2. The molecule has 5 nitrogen and oxygen atoms in total. The van der Waals surface area contributed by atoms with Crippen molar-refractivity contribution in [3.63, 3.8) is 0 Å². The summed E-state index contributed by atoms with van der Waals surface area (Å²) in [6.07, 6.45) is 5.83. The Balaban J connectivity index is 0.00000162. The Labute approximate surface area is 113 Å². The van der Waals surface area contributed by atoms with Crippen molar-refractivity contribution in [1.29, 1.82) is 0 Å². The first-order chi connectivity index (χ1) is 8.15. The van der Waals surface area contributed by atoms with Crippen LogP contribution in [0.4, 0.5) is 0 Å². The standard InChI is InChI=1S/C12H19NO4.ClH/c13-10(12(15)17-9-5-2-6-9)7-11(14)16-8-3-1-4-8;/h8-10H,1-7,13H2;1H/t10-;/m0./s1. The third-order valence-corrected chi connectivity index (χ3v) is 3.37. The molecule has 0 aromatic carbocycles. The lowest BCUT2D eigenvalue weighted by Crippen LogP contribution is -2.39. The van der Waals surface area contributed by atoms with E-state index in [0.29, 0.717) is 0 Å². The molecule has 0 aliphatic heterocycles. The molecule has 0 radical (unpaired) electrons. The molecule has 2 aliphatic rings. The zero-order valence-corrected chi connectivity index (χ0v) is 11.1. The van der Waals surface area contributed by atoms with Crippen LogP contribution in [0.2, 0.25) is 0 Å². The Hall–Kier alpha value is -0.810. The molecule has 1 atom stereocenters. The Morgan fingerprint density at radius 1 is 1.06 bits per heavy atom. The van der Waals surface area contributed by atoms with Gasteiger partial charge in [-0.3, -0.25) is 9.59 Å². The molecule has 0 saturated heterocycles. The number of carbonyl (C=O) groups is 2. The van der Waals surface area contributed by atoms with Crippen LogP contribution in [-0.2, 0) is 19.1 Å². The van der Waals surface area contributed by atoms with Gasteiger partial charge in [-0.15, -0.1) is 12.4 Å². The minimum Gasteiger partial charge on any atom is -0.462 e. The normalized spacial score (nSPS) is 20.9. The quantitative estimate of drug-likeness (QED) is 0.767. The number of hydrogen-bond acceptors (Lipinski definition) is 5. The maximum Gasteiger partial charge on any atom is 0.323 e. The fourth-order valence-corrected chi connectivity index (χ4v) is 1.73. The molecule has 2 fully saturated rings. The Bertz CT molecular complexity index is 302. The molecule has 0 amide bonds. The second kappa shape index (κ2) is 6.95. The van der Waals surface area contributed by atoms with Gasteiger partial charge in [-0.2, -0.15) is 0 Å². The van der Waals surface area contributed by atoms with Crippen molar-refractivity contribution in [2.45, 2.75) is 63.2 Å². The summed E-state index contributed by atoms with van der Waals surface area (Å²) in [5.41, 5.74) is 5.61. The SMILES string of the molecule is Cl.N[C@@H](CC(=O)OC1CCC1)C(=O)OC1CCC1. The van der Waals surface area contributed by atoms with Crippen molar-refractivity contribution >= 4 is 24.3 Å². The first-order valence-electron chi connectivity index (χ1n) is 6.30. The van der Waals surface area contributed by atoms with E-state index in [1.165, 1.54) is 0 Å². The van der Waals surface area contributed by atoms with Crippen LogP contribution in [0.5, 0.6) is 0 Å². The number of ether oxygens (including phenoxy) is 2. The molecule has 0 unspecified atom stereocenters. The lowest BCUT2D eigenvalue weighted by atomic mass is 9.96. The molecule has 18 heavy (non-hydrogen) atoms. The second-order valence-corrected chi connectivity index (χ2v) is 4.84. The van der Waals surface area contributed by atoms with Crippen LogP contribution < -0.4 is 5.73 Å². The van der Waals surface area contributed by atoms with Crippen LogP contribution in [0.25, 0.3) is 0 Å². The average Bonchev–Trinajstić information content (AvgIpc) is 2.17. The third kappa shape index (κ3) is 4.14. The predicted molar refractivity (Wildman–Crippen MR) is 67.3 cm³/mol. The van der Waals surface area contributed by atoms with Crippen LogP contribution in [0.3, 0.4) is 0 Å². The molecule has 6 heteroatoms. The molecule has 2 rings (SSSR count). The van der Waals surface area contributed by atoms with Crippen LogP contribution >= 0.6 is 12.4 Å². The molecule has 0 heterocycles. The van der Waals surface area contributed by atoms with Gasteiger partial charge in [0.2, 0.25) is 0 Å². The lowest BCUT2D eigenvalue weighted by Gasteiger charge is -2.27. The van der Waals surface area contributed by atoms with E-state index in [2.05, 4.69) is 0 Å². The molecule has 2 N–H and O–H groups in total. The first-order valence-corrected chi connectivity index (χ1v) is 6.30.